The maximum absolute atomic E-state index is 10.2. The minimum atomic E-state index is -0.397. The molecule has 0 amide bonds. The van der Waals surface area contributed by atoms with Crippen molar-refractivity contribution in [3.05, 3.63) is 34.3 Å². The standard InChI is InChI=1S/C15H22BrNO2/c1-15(2)11-19-10-9-17(15)8-7-14(18)12-3-5-13(16)6-4-12/h3-6,14,18H,7-11H2,1-2H3. The SMILES string of the molecule is CC1(C)COCCN1CCC(O)c1ccc(Br)cc1. The third-order valence-electron chi connectivity index (χ3n) is 3.74. The van der Waals surface area contributed by atoms with Gasteiger partial charge < -0.3 is 9.84 Å². The van der Waals surface area contributed by atoms with Gasteiger partial charge in [0.25, 0.3) is 0 Å². The molecule has 1 aliphatic rings. The molecule has 1 aliphatic heterocycles. The Morgan fingerprint density at radius 2 is 2.05 bits per heavy atom. The number of hydrogen-bond acceptors (Lipinski definition) is 3. The third kappa shape index (κ3) is 4.02. The summed E-state index contributed by atoms with van der Waals surface area (Å²) in [5.74, 6) is 0. The van der Waals surface area contributed by atoms with E-state index >= 15 is 0 Å². The maximum atomic E-state index is 10.2. The molecule has 1 aromatic rings. The molecule has 1 saturated heterocycles. The Bertz CT molecular complexity index is 405. The van der Waals surface area contributed by atoms with E-state index in [-0.39, 0.29) is 5.54 Å². The second-order valence-corrected chi connectivity index (χ2v) is 6.62. The van der Waals surface area contributed by atoms with Crippen LogP contribution in [0.3, 0.4) is 0 Å². The smallest absolute Gasteiger partial charge is 0.0802 e. The summed E-state index contributed by atoms with van der Waals surface area (Å²) in [6.45, 7) is 7.78. The van der Waals surface area contributed by atoms with Crippen LogP contribution in [0.2, 0.25) is 0 Å². The van der Waals surface area contributed by atoms with Crippen molar-refractivity contribution in [3.63, 3.8) is 0 Å². The summed E-state index contributed by atoms with van der Waals surface area (Å²) in [7, 11) is 0. The Morgan fingerprint density at radius 1 is 1.37 bits per heavy atom. The molecule has 0 saturated carbocycles. The van der Waals surface area contributed by atoms with E-state index in [1.807, 2.05) is 24.3 Å². The molecule has 1 fully saturated rings. The lowest BCUT2D eigenvalue weighted by molar-refractivity contribution is -0.0552. The molecule has 2 rings (SSSR count). The fourth-order valence-corrected chi connectivity index (χ4v) is 2.70. The number of aliphatic hydroxyl groups is 1. The predicted octanol–water partition coefficient (Wildman–Crippen LogP) is 2.98. The number of hydrogen-bond donors (Lipinski definition) is 1. The molecule has 19 heavy (non-hydrogen) atoms. The topological polar surface area (TPSA) is 32.7 Å². The zero-order valence-electron chi connectivity index (χ0n) is 11.6. The van der Waals surface area contributed by atoms with Gasteiger partial charge in [-0.05, 0) is 38.0 Å². The average Bonchev–Trinajstić information content (AvgIpc) is 2.37. The summed E-state index contributed by atoms with van der Waals surface area (Å²) in [6, 6.07) is 7.88. The Kier molecular flexibility index (Phi) is 5.01. The van der Waals surface area contributed by atoms with Crippen LogP contribution < -0.4 is 0 Å². The second kappa shape index (κ2) is 6.35. The first-order valence-corrected chi connectivity index (χ1v) is 7.55. The van der Waals surface area contributed by atoms with Gasteiger partial charge in [-0.1, -0.05) is 28.1 Å². The molecule has 1 unspecified atom stereocenters. The van der Waals surface area contributed by atoms with Crippen LogP contribution in [0.4, 0.5) is 0 Å². The van der Waals surface area contributed by atoms with Gasteiger partial charge in [-0.15, -0.1) is 0 Å². The zero-order valence-corrected chi connectivity index (χ0v) is 13.2. The fraction of sp³-hybridized carbons (Fsp3) is 0.600. The summed E-state index contributed by atoms with van der Waals surface area (Å²) in [4.78, 5) is 2.40. The van der Waals surface area contributed by atoms with Gasteiger partial charge in [0.05, 0.1) is 19.3 Å². The minimum absolute atomic E-state index is 0.0671. The largest absolute Gasteiger partial charge is 0.388 e. The molecule has 1 aromatic carbocycles. The van der Waals surface area contributed by atoms with E-state index in [2.05, 4.69) is 34.7 Å². The van der Waals surface area contributed by atoms with Crippen LogP contribution in [0, 0.1) is 0 Å². The molecule has 0 aromatic heterocycles. The van der Waals surface area contributed by atoms with Crippen LogP contribution in [0.5, 0.6) is 0 Å². The molecule has 3 nitrogen and oxygen atoms in total. The van der Waals surface area contributed by atoms with Gasteiger partial charge in [-0.2, -0.15) is 0 Å². The molecule has 1 heterocycles. The second-order valence-electron chi connectivity index (χ2n) is 5.71. The lowest BCUT2D eigenvalue weighted by atomic mass is 10.0. The van der Waals surface area contributed by atoms with Crippen molar-refractivity contribution in [2.75, 3.05) is 26.3 Å². The lowest BCUT2D eigenvalue weighted by Crippen LogP contribution is -2.53. The summed E-state index contributed by atoms with van der Waals surface area (Å²) in [5, 5.41) is 10.2. The summed E-state index contributed by atoms with van der Waals surface area (Å²) in [5.41, 5.74) is 1.05. The molecule has 0 spiro atoms. The molecule has 0 radical (unpaired) electrons. The lowest BCUT2D eigenvalue weighted by Gasteiger charge is -2.42. The van der Waals surface area contributed by atoms with E-state index in [4.69, 9.17) is 4.74 Å². The van der Waals surface area contributed by atoms with Gasteiger partial charge >= 0.3 is 0 Å². The molecule has 0 aliphatic carbocycles. The van der Waals surface area contributed by atoms with Crippen molar-refractivity contribution in [2.45, 2.75) is 31.9 Å². The normalized spacial score (nSPS) is 21.3. The highest BCUT2D eigenvalue weighted by molar-refractivity contribution is 9.10. The highest BCUT2D eigenvalue weighted by Crippen LogP contribution is 2.23. The summed E-state index contributed by atoms with van der Waals surface area (Å²) < 4.78 is 6.55. The molecular formula is C15H22BrNO2. The highest BCUT2D eigenvalue weighted by atomic mass is 79.9. The van der Waals surface area contributed by atoms with Crippen molar-refractivity contribution in [1.29, 1.82) is 0 Å². The third-order valence-corrected chi connectivity index (χ3v) is 4.27. The number of benzene rings is 1. The first-order valence-electron chi connectivity index (χ1n) is 6.75. The van der Waals surface area contributed by atoms with Crippen molar-refractivity contribution in [2.24, 2.45) is 0 Å². The van der Waals surface area contributed by atoms with E-state index in [1.54, 1.807) is 0 Å². The van der Waals surface area contributed by atoms with Gasteiger partial charge in [-0.3, -0.25) is 4.90 Å². The molecular weight excluding hydrogens is 306 g/mol. The van der Waals surface area contributed by atoms with Crippen molar-refractivity contribution >= 4 is 15.9 Å². The molecule has 106 valence electrons. The predicted molar refractivity (Wildman–Crippen MR) is 80.2 cm³/mol. The van der Waals surface area contributed by atoms with Crippen molar-refractivity contribution < 1.29 is 9.84 Å². The van der Waals surface area contributed by atoms with E-state index in [1.165, 1.54) is 0 Å². The van der Waals surface area contributed by atoms with Gasteiger partial charge in [0.2, 0.25) is 0 Å². The quantitative estimate of drug-likeness (QED) is 0.922. The number of morpholine rings is 1. The Morgan fingerprint density at radius 3 is 2.68 bits per heavy atom. The van der Waals surface area contributed by atoms with E-state index < -0.39 is 6.10 Å². The molecule has 4 heteroatoms. The van der Waals surface area contributed by atoms with Gasteiger partial charge in [0.15, 0.2) is 0 Å². The van der Waals surface area contributed by atoms with Crippen molar-refractivity contribution in [1.82, 2.24) is 4.90 Å². The first-order chi connectivity index (χ1) is 8.99. The van der Waals surface area contributed by atoms with Crippen LogP contribution in [0.1, 0.15) is 31.9 Å². The van der Waals surface area contributed by atoms with E-state index in [9.17, 15) is 5.11 Å². The van der Waals surface area contributed by atoms with Gasteiger partial charge in [0.1, 0.15) is 0 Å². The van der Waals surface area contributed by atoms with Gasteiger partial charge in [-0.25, -0.2) is 0 Å². The molecule has 1 atom stereocenters. The fourth-order valence-electron chi connectivity index (χ4n) is 2.43. The Balaban J connectivity index is 1.89. The summed E-state index contributed by atoms with van der Waals surface area (Å²) >= 11 is 3.41. The minimum Gasteiger partial charge on any atom is -0.388 e. The monoisotopic (exact) mass is 327 g/mol. The maximum Gasteiger partial charge on any atom is 0.0802 e. The van der Waals surface area contributed by atoms with E-state index in [0.29, 0.717) is 0 Å². The first kappa shape index (κ1) is 15.0. The van der Waals surface area contributed by atoms with Crippen LogP contribution in [-0.4, -0.2) is 41.8 Å². The number of ether oxygens (including phenoxy) is 1. The molecule has 1 N–H and O–H groups in total. The van der Waals surface area contributed by atoms with Crippen LogP contribution in [-0.2, 0) is 4.74 Å². The summed E-state index contributed by atoms with van der Waals surface area (Å²) in [6.07, 6.45) is 0.358. The van der Waals surface area contributed by atoms with Crippen LogP contribution >= 0.6 is 15.9 Å². The van der Waals surface area contributed by atoms with Gasteiger partial charge in [0, 0.05) is 23.1 Å². The number of aliphatic hydroxyl groups excluding tert-OH is 1. The number of rotatable bonds is 4. The molecule has 0 bridgehead atoms. The Labute approximate surface area is 123 Å². The van der Waals surface area contributed by atoms with Crippen LogP contribution in [0.25, 0.3) is 0 Å². The number of nitrogens with zero attached hydrogens (tertiary/aromatic N) is 1. The highest BCUT2D eigenvalue weighted by Gasteiger charge is 2.30. The van der Waals surface area contributed by atoms with Crippen molar-refractivity contribution in [3.8, 4) is 0 Å². The number of halogens is 1. The average molecular weight is 328 g/mol. The zero-order chi connectivity index (χ0) is 13.9. The van der Waals surface area contributed by atoms with Crippen LogP contribution in [0.15, 0.2) is 28.7 Å². The Hall–Kier alpha value is -0.420. The van der Waals surface area contributed by atoms with E-state index in [0.717, 1.165) is 42.8 Å².